The lowest BCUT2D eigenvalue weighted by Crippen LogP contribution is -2.77. The van der Waals surface area contributed by atoms with Crippen LogP contribution in [0.2, 0.25) is 0 Å². The summed E-state index contributed by atoms with van der Waals surface area (Å²) in [6.45, 7) is 2.99. The molecule has 1 aliphatic heterocycles. The van der Waals surface area contributed by atoms with Gasteiger partial charge in [0, 0.05) is 67.0 Å². The van der Waals surface area contributed by atoms with Crippen molar-refractivity contribution in [2.75, 3.05) is 49.2 Å². The molecule has 5 saturated carbocycles. The van der Waals surface area contributed by atoms with Crippen LogP contribution in [-0.4, -0.2) is 131 Å². The molecule has 0 radical (unpaired) electrons. The van der Waals surface area contributed by atoms with E-state index in [-0.39, 0.29) is 37.0 Å². The van der Waals surface area contributed by atoms with Crippen LogP contribution in [0.25, 0.3) is 0 Å². The average Bonchev–Trinajstić information content (AvgIpc) is 3.45. The molecule has 0 saturated heterocycles. The Labute approximate surface area is 286 Å². The van der Waals surface area contributed by atoms with E-state index in [1.165, 1.54) is 21.0 Å². The minimum absolute atomic E-state index is 0.164. The number of fused-ring (bicyclic) bond motifs is 2. The van der Waals surface area contributed by atoms with Crippen molar-refractivity contribution < 1.29 is 62.0 Å². The van der Waals surface area contributed by atoms with Gasteiger partial charge in [-0.15, -0.1) is 0 Å². The number of hydrogen-bond donors (Lipinski definition) is 1. The van der Waals surface area contributed by atoms with E-state index in [1.54, 1.807) is 52.7 Å². The van der Waals surface area contributed by atoms with Crippen molar-refractivity contribution in [2.24, 2.45) is 34.5 Å². The van der Waals surface area contributed by atoms with E-state index in [1.807, 2.05) is 7.05 Å². The molecule has 1 N–H and O–H groups in total. The van der Waals surface area contributed by atoms with Gasteiger partial charge in [-0.1, -0.05) is 0 Å². The number of esters is 3. The van der Waals surface area contributed by atoms with Gasteiger partial charge in [0.1, 0.15) is 41.6 Å². The molecule has 5 aliphatic carbocycles. The molecule has 0 amide bonds. The van der Waals surface area contributed by atoms with Gasteiger partial charge >= 0.3 is 17.9 Å². The number of carbonyl (C=O) groups is 3. The lowest BCUT2D eigenvalue weighted by Gasteiger charge is -2.63. The van der Waals surface area contributed by atoms with Gasteiger partial charge in [-0.25, -0.2) is 9.37 Å². The molecule has 1 aromatic rings. The van der Waals surface area contributed by atoms with Crippen LogP contribution in [0.1, 0.15) is 43.5 Å². The third-order valence-corrected chi connectivity index (χ3v) is 13.2. The van der Waals surface area contributed by atoms with Crippen molar-refractivity contribution in [1.82, 2.24) is 0 Å². The minimum atomic E-state index is -1.62. The number of carbonyl (C=O) groups excluding carboxylic acids is 3. The second kappa shape index (κ2) is 11.7. The third kappa shape index (κ3) is 4.28. The summed E-state index contributed by atoms with van der Waals surface area (Å²) < 4.78 is 51.6. The fourth-order valence-corrected chi connectivity index (χ4v) is 12.3. The molecule has 7 rings (SSSR count). The number of aliphatic hydroxyl groups is 1. The van der Waals surface area contributed by atoms with Crippen molar-refractivity contribution in [3.63, 3.8) is 0 Å². The molecule has 5 fully saturated rings. The Morgan fingerprint density at radius 2 is 1.57 bits per heavy atom. The lowest BCUT2D eigenvalue weighted by atomic mass is 9.43. The molecule has 268 valence electrons. The Bertz CT molecular complexity index is 1550. The number of nitrogens with zero attached hydrogens (tertiary/aromatic N) is 1. The first kappa shape index (κ1) is 34.4. The molecule has 7 bridgehead atoms. The molecule has 13 heteroatoms. The Morgan fingerprint density at radius 1 is 0.878 bits per heavy atom. The zero-order valence-electron chi connectivity index (χ0n) is 29.4. The van der Waals surface area contributed by atoms with E-state index >= 15 is 0 Å². The number of ether oxygens (including phenoxy) is 8. The minimum Gasteiger partial charge on any atom is -0.497 e. The second-order valence-electron chi connectivity index (χ2n) is 14.9. The van der Waals surface area contributed by atoms with Gasteiger partial charge in [0.05, 0.1) is 48.9 Å². The van der Waals surface area contributed by atoms with Crippen LogP contribution in [0.3, 0.4) is 0 Å². The summed E-state index contributed by atoms with van der Waals surface area (Å²) in [6.07, 6.45) is -0.744. The molecule has 6 aliphatic rings. The van der Waals surface area contributed by atoms with Gasteiger partial charge in [-0.05, 0) is 36.6 Å². The maximum Gasteiger partial charge on any atom is 0.338 e. The summed E-state index contributed by atoms with van der Waals surface area (Å²) in [5.74, 6) is -2.86. The van der Waals surface area contributed by atoms with Crippen LogP contribution in [0.4, 0.5) is 0 Å². The van der Waals surface area contributed by atoms with Crippen LogP contribution >= 0.6 is 0 Å². The highest BCUT2D eigenvalue weighted by Crippen LogP contribution is 2.79. The fraction of sp³-hybridized carbons (Fsp3) is 0.722. The summed E-state index contributed by atoms with van der Waals surface area (Å²) in [5, 5.41) is 12.8. The highest BCUT2D eigenvalue weighted by atomic mass is 16.6. The predicted octanol–water partition coefficient (Wildman–Crippen LogP) is 1.65. The highest BCUT2D eigenvalue weighted by molar-refractivity contribution is 5.89. The van der Waals surface area contributed by atoms with E-state index in [4.69, 9.17) is 37.9 Å². The first-order chi connectivity index (χ1) is 23.3. The molecule has 0 aromatic heterocycles. The van der Waals surface area contributed by atoms with Crippen molar-refractivity contribution in [2.45, 2.75) is 80.9 Å². The third-order valence-electron chi connectivity index (χ3n) is 13.2. The number of hydrogen-bond acceptors (Lipinski definition) is 12. The van der Waals surface area contributed by atoms with Crippen molar-refractivity contribution in [3.05, 3.63) is 29.8 Å². The first-order valence-electron chi connectivity index (χ1n) is 16.9. The first-order valence-corrected chi connectivity index (χ1v) is 16.9. The molecule has 14 atom stereocenters. The molecule has 49 heavy (non-hydrogen) atoms. The molecule has 1 aromatic carbocycles. The smallest absolute Gasteiger partial charge is 0.338 e. The van der Waals surface area contributed by atoms with Gasteiger partial charge in [-0.2, -0.15) is 0 Å². The molecular weight excluding hydrogens is 638 g/mol. The van der Waals surface area contributed by atoms with Gasteiger partial charge in [0.25, 0.3) is 0 Å². The van der Waals surface area contributed by atoms with E-state index in [0.717, 1.165) is 0 Å². The Balaban J connectivity index is 1.47. The van der Waals surface area contributed by atoms with Crippen LogP contribution in [-0.2, 0) is 42.7 Å². The molecular formula is C36H48NO12+. The average molecular weight is 687 g/mol. The summed E-state index contributed by atoms with van der Waals surface area (Å²) in [4.78, 5) is 39.8. The SMILES string of the molecule is COC[C@]12C=[N+](C)[C@@H]3[C@@H]4[C@H](OC)[C@H]1[C@@]3([C@@H](OC)CC2OC(C)=O)[C@@H]1C[C@@]2(O)[C@@H](OC)C[C@@]4(OC(C)=O)[C@H]1[C@H]2OC(=O)c1ccc(OC)cc1. The van der Waals surface area contributed by atoms with Crippen molar-refractivity contribution >= 4 is 24.1 Å². The highest BCUT2D eigenvalue weighted by Gasteiger charge is 2.92. The zero-order chi connectivity index (χ0) is 35.3. The molecule has 1 heterocycles. The van der Waals surface area contributed by atoms with Crippen LogP contribution < -0.4 is 4.74 Å². The summed E-state index contributed by atoms with van der Waals surface area (Å²) in [6, 6.07) is 6.28. The van der Waals surface area contributed by atoms with Gasteiger partial charge in [0.15, 0.2) is 12.3 Å². The Kier molecular flexibility index (Phi) is 8.22. The molecule has 1 spiro atoms. The standard InChI is InChI=1S/C36H48NO12/c1-18(38)47-23-13-24(44-6)36-22-14-34(41)25(45-7)15-35(49-19(2)39,26(22)31(34)48-32(40)20-9-11-21(43-5)12-10-20)27-28(46-8)29(36)33(23,17-42-4)16-37(3)30(27)36/h9-12,16,22-31,41H,13-15,17H2,1-8H3/q+1/t22-,23?,24+,25+,26-,27+,28+,29-,30-,31-,33+,34-,35-,36+/m1/s1. The molecule has 1 unspecified atom stereocenters. The largest absolute Gasteiger partial charge is 0.497 e. The lowest BCUT2D eigenvalue weighted by molar-refractivity contribution is -0.591. The Morgan fingerprint density at radius 3 is 2.14 bits per heavy atom. The zero-order valence-corrected chi connectivity index (χ0v) is 29.4. The van der Waals surface area contributed by atoms with Crippen LogP contribution in [0.15, 0.2) is 24.3 Å². The van der Waals surface area contributed by atoms with E-state index in [2.05, 4.69) is 10.8 Å². The Hall–Kier alpha value is -3.10. The fourth-order valence-electron chi connectivity index (χ4n) is 12.3. The quantitative estimate of drug-likeness (QED) is 0.217. The molecule has 13 nitrogen and oxygen atoms in total. The van der Waals surface area contributed by atoms with E-state index < -0.39 is 88.2 Å². The van der Waals surface area contributed by atoms with Gasteiger partial charge in [-0.3, -0.25) is 9.59 Å². The maximum absolute atomic E-state index is 13.9. The van der Waals surface area contributed by atoms with Crippen molar-refractivity contribution in [1.29, 1.82) is 0 Å². The van der Waals surface area contributed by atoms with E-state index in [9.17, 15) is 19.5 Å². The number of rotatable bonds is 10. The van der Waals surface area contributed by atoms with E-state index in [0.29, 0.717) is 12.2 Å². The normalized spacial score (nSPS) is 45.3. The number of methoxy groups -OCH3 is 5. The summed E-state index contributed by atoms with van der Waals surface area (Å²) >= 11 is 0. The number of benzene rings is 1. The van der Waals surface area contributed by atoms with Crippen LogP contribution in [0.5, 0.6) is 5.75 Å². The van der Waals surface area contributed by atoms with Gasteiger partial charge in [0.2, 0.25) is 0 Å². The summed E-state index contributed by atoms with van der Waals surface area (Å²) in [7, 11) is 9.98. The predicted molar refractivity (Wildman–Crippen MR) is 170 cm³/mol. The maximum atomic E-state index is 13.9. The monoisotopic (exact) mass is 686 g/mol. The second-order valence-corrected chi connectivity index (χ2v) is 14.9. The summed E-state index contributed by atoms with van der Waals surface area (Å²) in [5.41, 5.74) is -4.22. The van der Waals surface area contributed by atoms with Crippen molar-refractivity contribution in [3.8, 4) is 5.75 Å². The van der Waals surface area contributed by atoms with Crippen LogP contribution in [0, 0.1) is 34.5 Å². The van der Waals surface area contributed by atoms with Gasteiger partial charge < -0.3 is 43.0 Å². The topological polar surface area (TPSA) is 148 Å².